The van der Waals surface area contributed by atoms with E-state index in [1.807, 2.05) is 24.3 Å². The summed E-state index contributed by atoms with van der Waals surface area (Å²) in [5.41, 5.74) is 2.54. The average molecular weight is 598 g/mol. The number of carbonyl (C=O) groups is 1. The van der Waals surface area contributed by atoms with Crippen LogP contribution in [0.3, 0.4) is 0 Å². The van der Waals surface area contributed by atoms with Gasteiger partial charge < -0.3 is 24.3 Å². The fourth-order valence-corrected chi connectivity index (χ4v) is 5.25. The van der Waals surface area contributed by atoms with Gasteiger partial charge in [-0.05, 0) is 93.4 Å². The summed E-state index contributed by atoms with van der Waals surface area (Å²) < 4.78 is 38.2. The molecule has 1 aliphatic rings. The second kappa shape index (κ2) is 20.1. The van der Waals surface area contributed by atoms with E-state index < -0.39 is 5.97 Å². The van der Waals surface area contributed by atoms with E-state index in [2.05, 4.69) is 18.8 Å². The Morgan fingerprint density at radius 2 is 1.67 bits per heavy atom. The van der Waals surface area contributed by atoms with Crippen LogP contribution in [0.5, 0.6) is 11.5 Å². The molecule has 7 heteroatoms. The lowest BCUT2D eigenvalue weighted by Gasteiger charge is -2.22. The van der Waals surface area contributed by atoms with Crippen molar-refractivity contribution >= 4 is 5.97 Å². The van der Waals surface area contributed by atoms with Crippen LogP contribution in [0.2, 0.25) is 0 Å². The van der Waals surface area contributed by atoms with Gasteiger partial charge in [0, 0.05) is 17.2 Å². The molecular weight excluding hydrogens is 545 g/mol. The van der Waals surface area contributed by atoms with Crippen molar-refractivity contribution in [1.82, 2.24) is 5.32 Å². The number of nitrogens with one attached hydrogen (secondary N) is 1. The van der Waals surface area contributed by atoms with E-state index in [-0.39, 0.29) is 19.2 Å². The number of carbonyl (C=O) groups excluding carboxylic acids is 1. The molecule has 1 heterocycles. The van der Waals surface area contributed by atoms with Crippen LogP contribution in [0.1, 0.15) is 90.0 Å². The summed E-state index contributed by atoms with van der Waals surface area (Å²) in [6.45, 7) is 11.2. The molecule has 43 heavy (non-hydrogen) atoms. The molecule has 238 valence electrons. The number of hydrogen-bond acceptors (Lipinski definition) is 6. The zero-order valence-electron chi connectivity index (χ0n) is 26.4. The van der Waals surface area contributed by atoms with Gasteiger partial charge in [0.1, 0.15) is 17.3 Å². The summed E-state index contributed by atoms with van der Waals surface area (Å²) in [6.07, 6.45) is 13.3. The van der Waals surface area contributed by atoms with Gasteiger partial charge in [0.05, 0.1) is 19.8 Å². The first-order valence-corrected chi connectivity index (χ1v) is 16.3. The van der Waals surface area contributed by atoms with Crippen LogP contribution in [0, 0.1) is 11.7 Å². The maximum atomic E-state index is 15.2. The van der Waals surface area contributed by atoms with Gasteiger partial charge in [-0.15, -0.1) is 0 Å². The Hall–Kier alpha value is -2.90. The van der Waals surface area contributed by atoms with Gasteiger partial charge in [-0.2, -0.15) is 0 Å². The monoisotopic (exact) mass is 597 g/mol. The number of unbranched alkanes of at least 4 members (excludes halogenated alkanes) is 7. The van der Waals surface area contributed by atoms with Crippen molar-refractivity contribution in [3.05, 3.63) is 59.9 Å². The Kier molecular flexibility index (Phi) is 16.2. The SMILES string of the molecule is C=C(C)C(=O)OCCCc1cc(-c2ccc(OCCCCCCCCCC)cc2F)ccc1OCOCC1CCNCC1. The quantitative estimate of drug-likeness (QED) is 0.0675. The number of hydrogen-bond donors (Lipinski definition) is 1. The van der Waals surface area contributed by atoms with Crippen molar-refractivity contribution in [3.8, 4) is 22.6 Å². The summed E-state index contributed by atoms with van der Waals surface area (Å²) in [6, 6.07) is 10.8. The zero-order valence-corrected chi connectivity index (χ0v) is 26.4. The van der Waals surface area contributed by atoms with E-state index in [0.717, 1.165) is 49.9 Å². The van der Waals surface area contributed by atoms with Gasteiger partial charge in [0.25, 0.3) is 0 Å². The second-order valence-electron chi connectivity index (χ2n) is 11.6. The minimum atomic E-state index is -0.400. The Morgan fingerprint density at radius 3 is 2.40 bits per heavy atom. The van der Waals surface area contributed by atoms with E-state index in [1.165, 1.54) is 44.6 Å². The number of piperidine rings is 1. The highest BCUT2D eigenvalue weighted by Gasteiger charge is 2.15. The predicted octanol–water partition coefficient (Wildman–Crippen LogP) is 8.42. The maximum absolute atomic E-state index is 15.2. The van der Waals surface area contributed by atoms with Crippen LogP contribution in [0.25, 0.3) is 11.1 Å². The van der Waals surface area contributed by atoms with Crippen LogP contribution in [-0.2, 0) is 20.7 Å². The van der Waals surface area contributed by atoms with Crippen molar-refractivity contribution in [2.45, 2.75) is 90.9 Å². The van der Waals surface area contributed by atoms with E-state index in [1.54, 1.807) is 13.0 Å². The summed E-state index contributed by atoms with van der Waals surface area (Å²) in [7, 11) is 0. The number of ether oxygens (including phenoxy) is 4. The molecule has 0 amide bonds. The van der Waals surface area contributed by atoms with Crippen LogP contribution >= 0.6 is 0 Å². The van der Waals surface area contributed by atoms with Crippen molar-refractivity contribution in [2.24, 2.45) is 5.92 Å². The van der Waals surface area contributed by atoms with Crippen LogP contribution in [0.15, 0.2) is 48.6 Å². The number of halogens is 1. The average Bonchev–Trinajstić information content (AvgIpc) is 3.01. The molecule has 0 bridgehead atoms. The lowest BCUT2D eigenvalue weighted by molar-refractivity contribution is -0.139. The number of rotatable bonds is 21. The summed E-state index contributed by atoms with van der Waals surface area (Å²) in [5, 5.41) is 3.37. The van der Waals surface area contributed by atoms with Gasteiger partial charge in [0.15, 0.2) is 6.79 Å². The molecule has 1 N–H and O–H groups in total. The normalized spacial score (nSPS) is 13.6. The molecule has 0 unspecified atom stereocenters. The molecule has 0 atom stereocenters. The minimum absolute atomic E-state index is 0.153. The van der Waals surface area contributed by atoms with Gasteiger partial charge in [-0.3, -0.25) is 0 Å². The second-order valence-corrected chi connectivity index (χ2v) is 11.6. The van der Waals surface area contributed by atoms with E-state index in [4.69, 9.17) is 18.9 Å². The van der Waals surface area contributed by atoms with Gasteiger partial charge >= 0.3 is 5.97 Å². The smallest absolute Gasteiger partial charge is 0.333 e. The largest absolute Gasteiger partial charge is 0.493 e. The molecule has 2 aromatic rings. The first-order chi connectivity index (χ1) is 21.0. The number of benzene rings is 2. The van der Waals surface area contributed by atoms with Gasteiger partial charge in [-0.1, -0.05) is 64.5 Å². The predicted molar refractivity (Wildman–Crippen MR) is 171 cm³/mol. The molecule has 0 radical (unpaired) electrons. The Bertz CT molecular complexity index is 1110. The lowest BCUT2D eigenvalue weighted by Crippen LogP contribution is -2.30. The fraction of sp³-hybridized carbons (Fsp3) is 0.583. The van der Waals surface area contributed by atoms with Crippen molar-refractivity contribution in [3.63, 3.8) is 0 Å². The molecule has 0 aliphatic carbocycles. The maximum Gasteiger partial charge on any atom is 0.333 e. The molecular formula is C36H52FNO5. The first kappa shape index (κ1) is 34.6. The first-order valence-electron chi connectivity index (χ1n) is 16.3. The van der Waals surface area contributed by atoms with Crippen molar-refractivity contribution < 1.29 is 28.1 Å². The molecule has 0 aromatic heterocycles. The lowest BCUT2D eigenvalue weighted by atomic mass is 9.99. The van der Waals surface area contributed by atoms with Crippen molar-refractivity contribution in [2.75, 3.05) is 39.7 Å². The molecule has 1 aliphatic heterocycles. The Labute approximate surface area is 258 Å². The van der Waals surface area contributed by atoms with E-state index in [0.29, 0.717) is 54.6 Å². The third-order valence-corrected chi connectivity index (χ3v) is 7.86. The molecule has 3 rings (SSSR count). The third kappa shape index (κ3) is 13.1. The minimum Gasteiger partial charge on any atom is -0.493 e. The fourth-order valence-electron chi connectivity index (χ4n) is 5.25. The highest BCUT2D eigenvalue weighted by molar-refractivity contribution is 5.86. The molecule has 6 nitrogen and oxygen atoms in total. The standard InChI is InChI=1S/C36H52FNO5/c1-4-5-6-7-8-9-10-11-22-41-32-15-16-33(34(37)25-32)30-14-17-35(43-27-40-26-29-18-20-38-21-19-29)31(24-30)13-12-23-42-36(39)28(2)3/h14-17,24-25,29,38H,2,4-13,18-23,26-27H2,1,3H3. The molecule has 0 saturated carbocycles. The van der Waals surface area contributed by atoms with Crippen LogP contribution in [-0.4, -0.2) is 45.7 Å². The molecule has 2 aromatic carbocycles. The van der Waals surface area contributed by atoms with Crippen molar-refractivity contribution in [1.29, 1.82) is 0 Å². The molecule has 0 spiro atoms. The van der Waals surface area contributed by atoms with E-state index in [9.17, 15) is 4.79 Å². The Balaban J connectivity index is 1.56. The van der Waals surface area contributed by atoms with Crippen LogP contribution < -0.4 is 14.8 Å². The third-order valence-electron chi connectivity index (χ3n) is 7.86. The zero-order chi connectivity index (χ0) is 30.7. The van der Waals surface area contributed by atoms with Gasteiger partial charge in [0.2, 0.25) is 0 Å². The van der Waals surface area contributed by atoms with Crippen LogP contribution in [0.4, 0.5) is 4.39 Å². The number of aryl methyl sites for hydroxylation is 1. The summed E-state index contributed by atoms with van der Waals surface area (Å²) in [5.74, 6) is 1.06. The number of esters is 1. The highest BCUT2D eigenvalue weighted by atomic mass is 19.1. The topological polar surface area (TPSA) is 66.0 Å². The summed E-state index contributed by atoms with van der Waals surface area (Å²) >= 11 is 0. The highest BCUT2D eigenvalue weighted by Crippen LogP contribution is 2.31. The van der Waals surface area contributed by atoms with E-state index >= 15 is 4.39 Å². The molecule has 1 fully saturated rings. The van der Waals surface area contributed by atoms with Gasteiger partial charge in [-0.25, -0.2) is 9.18 Å². The summed E-state index contributed by atoms with van der Waals surface area (Å²) in [4.78, 5) is 11.8. The Morgan fingerprint density at radius 1 is 0.930 bits per heavy atom. The molecule has 1 saturated heterocycles.